The molecule has 1 saturated heterocycles. The summed E-state index contributed by atoms with van der Waals surface area (Å²) < 4.78 is 8.67. The fourth-order valence-electron chi connectivity index (χ4n) is 4.95. The number of likely N-dealkylation sites (tertiary alicyclic amines) is 1. The van der Waals surface area contributed by atoms with E-state index in [1.54, 1.807) is 11.6 Å². The maximum absolute atomic E-state index is 12.9. The topological polar surface area (TPSA) is 80.5 Å². The van der Waals surface area contributed by atoms with Crippen LogP contribution in [0.25, 0.3) is 0 Å². The van der Waals surface area contributed by atoms with Gasteiger partial charge in [-0.15, -0.1) is 16.4 Å². The highest BCUT2D eigenvalue weighted by molar-refractivity contribution is 7.16. The van der Waals surface area contributed by atoms with E-state index in [0.717, 1.165) is 21.7 Å². The fourth-order valence-corrected chi connectivity index (χ4v) is 6.41. The van der Waals surface area contributed by atoms with Crippen LogP contribution in [0.5, 0.6) is 0 Å². The molecule has 4 atom stereocenters. The van der Waals surface area contributed by atoms with Crippen molar-refractivity contribution in [2.75, 3.05) is 6.61 Å². The molecule has 0 bridgehead atoms. The second kappa shape index (κ2) is 7.70. The van der Waals surface area contributed by atoms with E-state index in [4.69, 9.17) is 16.3 Å². The lowest BCUT2D eigenvalue weighted by Gasteiger charge is -2.51. The minimum absolute atomic E-state index is 0.0281. The molecule has 1 amide bonds. The number of carbonyl (C=O) groups is 1. The van der Waals surface area contributed by atoms with Gasteiger partial charge < -0.3 is 14.7 Å². The predicted molar refractivity (Wildman–Crippen MR) is 117 cm³/mol. The van der Waals surface area contributed by atoms with Gasteiger partial charge in [-0.25, -0.2) is 0 Å². The summed E-state index contributed by atoms with van der Waals surface area (Å²) >= 11 is 7.81. The fraction of sp³-hybridized carbons (Fsp3) is 0.409. The SMILES string of the molecule is CC(=O)N1[C@@H](c2ccccc2)C[C@@]2(C[C@H]1c1cn(C)nn1)OC[C@@H](O)c1cc(Cl)sc12. The third-order valence-corrected chi connectivity index (χ3v) is 7.71. The number of nitrogens with zero attached hydrogens (tertiary/aromatic N) is 4. The number of rotatable bonds is 2. The standard InChI is InChI=1S/C22H23ClN4O3S/c1-13(28)27-17(14-6-4-3-5-7-14)9-22(10-18(27)16-11-26(2)25-24-16)21-15(8-20(23)31-21)19(29)12-30-22/h3-8,11,17-19,29H,9-10,12H2,1-2H3/t17-,18+,19-,22+/m1/s1. The Morgan fingerprint density at radius 3 is 2.71 bits per heavy atom. The summed E-state index contributed by atoms with van der Waals surface area (Å²) in [5, 5.41) is 19.0. The molecule has 5 rings (SSSR count). The smallest absolute Gasteiger partial charge is 0.220 e. The lowest BCUT2D eigenvalue weighted by Crippen LogP contribution is -2.51. The van der Waals surface area contributed by atoms with Crippen LogP contribution in [0.2, 0.25) is 4.34 Å². The van der Waals surface area contributed by atoms with E-state index in [9.17, 15) is 9.90 Å². The van der Waals surface area contributed by atoms with Crippen LogP contribution in [0.1, 0.15) is 59.7 Å². The molecule has 1 spiro atoms. The molecule has 9 heteroatoms. The molecule has 7 nitrogen and oxygen atoms in total. The highest BCUT2D eigenvalue weighted by atomic mass is 35.5. The van der Waals surface area contributed by atoms with Gasteiger partial charge >= 0.3 is 0 Å². The van der Waals surface area contributed by atoms with Crippen molar-refractivity contribution in [2.24, 2.45) is 7.05 Å². The van der Waals surface area contributed by atoms with Crippen molar-refractivity contribution in [2.45, 2.75) is 43.6 Å². The summed E-state index contributed by atoms with van der Waals surface area (Å²) in [6.45, 7) is 1.78. The number of aliphatic hydroxyl groups is 1. The number of aliphatic hydroxyl groups excluding tert-OH is 1. The van der Waals surface area contributed by atoms with Crippen LogP contribution in [0.3, 0.4) is 0 Å². The zero-order valence-electron chi connectivity index (χ0n) is 17.2. The summed E-state index contributed by atoms with van der Waals surface area (Å²) in [6.07, 6.45) is 2.23. The number of amides is 1. The number of piperidine rings is 1. The van der Waals surface area contributed by atoms with Gasteiger partial charge in [0, 0.05) is 37.3 Å². The number of hydrogen-bond acceptors (Lipinski definition) is 6. The van der Waals surface area contributed by atoms with Gasteiger partial charge in [-0.05, 0) is 11.6 Å². The Balaban J connectivity index is 1.68. The number of aryl methyl sites for hydroxylation is 1. The molecule has 3 aromatic rings. The van der Waals surface area contributed by atoms with E-state index in [1.165, 1.54) is 11.3 Å². The Labute approximate surface area is 189 Å². The highest BCUT2D eigenvalue weighted by Gasteiger charge is 2.53. The van der Waals surface area contributed by atoms with Crippen LogP contribution >= 0.6 is 22.9 Å². The molecule has 31 heavy (non-hydrogen) atoms. The normalized spacial score (nSPS) is 28.0. The van der Waals surface area contributed by atoms with Crippen molar-refractivity contribution >= 4 is 28.8 Å². The van der Waals surface area contributed by atoms with E-state index in [-0.39, 0.29) is 24.6 Å². The molecular formula is C22H23ClN4O3S. The van der Waals surface area contributed by atoms with E-state index >= 15 is 0 Å². The number of halogens is 1. The number of benzene rings is 1. The Kier molecular flexibility index (Phi) is 5.13. The molecule has 2 aliphatic heterocycles. The number of aromatic nitrogens is 3. The highest BCUT2D eigenvalue weighted by Crippen LogP contribution is 2.57. The zero-order chi connectivity index (χ0) is 21.8. The van der Waals surface area contributed by atoms with Crippen LogP contribution in [-0.2, 0) is 22.2 Å². The molecule has 0 radical (unpaired) electrons. The summed E-state index contributed by atoms with van der Waals surface area (Å²) in [7, 11) is 1.81. The van der Waals surface area contributed by atoms with Gasteiger partial charge in [0.05, 0.1) is 29.2 Å². The van der Waals surface area contributed by atoms with Gasteiger partial charge in [-0.1, -0.05) is 47.1 Å². The number of carbonyl (C=O) groups excluding carboxylic acids is 1. The number of thiophene rings is 1. The number of ether oxygens (including phenoxy) is 1. The Morgan fingerprint density at radius 2 is 2.03 bits per heavy atom. The molecule has 2 aliphatic rings. The summed E-state index contributed by atoms with van der Waals surface area (Å²) in [5.74, 6) is -0.0281. The van der Waals surface area contributed by atoms with Crippen molar-refractivity contribution < 1.29 is 14.6 Å². The minimum atomic E-state index is -0.708. The molecular weight excluding hydrogens is 436 g/mol. The molecule has 0 unspecified atom stereocenters. The van der Waals surface area contributed by atoms with E-state index in [0.29, 0.717) is 17.2 Å². The van der Waals surface area contributed by atoms with E-state index < -0.39 is 11.7 Å². The summed E-state index contributed by atoms with van der Waals surface area (Å²) in [6, 6.07) is 11.3. The first-order chi connectivity index (χ1) is 14.9. The largest absolute Gasteiger partial charge is 0.386 e. The second-order valence-corrected chi connectivity index (χ2v) is 9.93. The predicted octanol–water partition coefficient (Wildman–Crippen LogP) is 3.91. The average Bonchev–Trinajstić information content (AvgIpc) is 3.37. The molecule has 0 saturated carbocycles. The molecule has 0 aliphatic carbocycles. The van der Waals surface area contributed by atoms with Crippen molar-refractivity contribution in [3.05, 3.63) is 68.6 Å². The maximum atomic E-state index is 12.9. The Bertz CT molecular complexity index is 1120. The lowest BCUT2D eigenvalue weighted by molar-refractivity contribution is -0.168. The van der Waals surface area contributed by atoms with E-state index in [1.807, 2.05) is 54.5 Å². The summed E-state index contributed by atoms with van der Waals surface area (Å²) in [5.41, 5.74) is 1.89. The van der Waals surface area contributed by atoms with Crippen molar-refractivity contribution in [3.8, 4) is 0 Å². The number of hydrogen-bond donors (Lipinski definition) is 1. The molecule has 4 heterocycles. The van der Waals surface area contributed by atoms with Gasteiger partial charge in [-0.3, -0.25) is 9.48 Å². The van der Waals surface area contributed by atoms with Gasteiger partial charge in [0.1, 0.15) is 17.4 Å². The van der Waals surface area contributed by atoms with Crippen molar-refractivity contribution in [3.63, 3.8) is 0 Å². The molecule has 1 fully saturated rings. The van der Waals surface area contributed by atoms with Crippen LogP contribution < -0.4 is 0 Å². The van der Waals surface area contributed by atoms with Crippen LogP contribution in [-0.4, -0.2) is 37.5 Å². The molecule has 162 valence electrons. The molecule has 1 N–H and O–H groups in total. The van der Waals surface area contributed by atoms with Gasteiger partial charge in [0.2, 0.25) is 5.91 Å². The lowest BCUT2D eigenvalue weighted by atomic mass is 9.75. The first-order valence-corrected chi connectivity index (χ1v) is 11.4. The molecule has 2 aromatic heterocycles. The third kappa shape index (κ3) is 3.47. The van der Waals surface area contributed by atoms with E-state index in [2.05, 4.69) is 10.3 Å². The quantitative estimate of drug-likeness (QED) is 0.629. The number of fused-ring (bicyclic) bond motifs is 2. The van der Waals surface area contributed by atoms with Gasteiger partial charge in [0.25, 0.3) is 0 Å². The monoisotopic (exact) mass is 458 g/mol. The second-order valence-electron chi connectivity index (χ2n) is 8.25. The van der Waals surface area contributed by atoms with Crippen LogP contribution in [0.4, 0.5) is 0 Å². The van der Waals surface area contributed by atoms with Crippen LogP contribution in [0.15, 0.2) is 42.6 Å². The zero-order valence-corrected chi connectivity index (χ0v) is 18.8. The van der Waals surface area contributed by atoms with Crippen LogP contribution in [0, 0.1) is 0 Å². The summed E-state index contributed by atoms with van der Waals surface area (Å²) in [4.78, 5) is 15.8. The Hall–Kier alpha value is -2.26. The maximum Gasteiger partial charge on any atom is 0.220 e. The van der Waals surface area contributed by atoms with Crippen molar-refractivity contribution in [1.29, 1.82) is 0 Å². The van der Waals surface area contributed by atoms with Crippen molar-refractivity contribution in [1.82, 2.24) is 19.9 Å². The molecule has 1 aromatic carbocycles. The Morgan fingerprint density at radius 1 is 1.29 bits per heavy atom. The van der Waals surface area contributed by atoms with Gasteiger partial charge in [-0.2, -0.15) is 0 Å². The first kappa shape index (κ1) is 20.6. The minimum Gasteiger partial charge on any atom is -0.386 e. The average molecular weight is 459 g/mol. The first-order valence-electron chi connectivity index (χ1n) is 10.2. The van der Waals surface area contributed by atoms with Gasteiger partial charge in [0.15, 0.2) is 0 Å². The third-order valence-electron chi connectivity index (χ3n) is 6.25.